The molecule has 0 spiro atoms. The second-order valence-electron chi connectivity index (χ2n) is 6.16. The van der Waals surface area contributed by atoms with E-state index in [-0.39, 0.29) is 24.1 Å². The number of halogens is 1. The van der Waals surface area contributed by atoms with Crippen LogP contribution in [0.3, 0.4) is 0 Å². The van der Waals surface area contributed by atoms with Gasteiger partial charge in [-0.2, -0.15) is 0 Å². The number of methoxy groups -OCH3 is 1. The van der Waals surface area contributed by atoms with Gasteiger partial charge in [0, 0.05) is 23.4 Å². The first-order chi connectivity index (χ1) is 14.0. The van der Waals surface area contributed by atoms with Crippen LogP contribution in [0.1, 0.15) is 11.1 Å². The van der Waals surface area contributed by atoms with Crippen molar-refractivity contribution in [3.05, 3.63) is 89.8 Å². The highest BCUT2D eigenvalue weighted by Crippen LogP contribution is 2.26. The molecule has 0 fully saturated rings. The van der Waals surface area contributed by atoms with Crippen LogP contribution in [0.15, 0.2) is 72.8 Å². The molecule has 0 atom stereocenters. The van der Waals surface area contributed by atoms with Gasteiger partial charge in [0.2, 0.25) is 5.91 Å². The molecule has 0 saturated heterocycles. The fourth-order valence-electron chi connectivity index (χ4n) is 2.64. The van der Waals surface area contributed by atoms with Crippen LogP contribution in [0.5, 0.6) is 17.2 Å². The van der Waals surface area contributed by atoms with Crippen LogP contribution in [0, 0.1) is 5.82 Å². The van der Waals surface area contributed by atoms with Crippen molar-refractivity contribution in [2.45, 2.75) is 6.61 Å². The van der Waals surface area contributed by atoms with Gasteiger partial charge in [0.05, 0.1) is 7.11 Å². The van der Waals surface area contributed by atoms with Crippen molar-refractivity contribution < 1.29 is 23.8 Å². The molecular formula is C23H20FNO4. The van der Waals surface area contributed by atoms with Crippen LogP contribution in [-0.4, -0.2) is 18.1 Å². The summed E-state index contributed by atoms with van der Waals surface area (Å²) < 4.78 is 23.9. The molecule has 0 aliphatic heterocycles. The summed E-state index contributed by atoms with van der Waals surface area (Å²) in [6, 6.07) is 17.9. The van der Waals surface area contributed by atoms with Gasteiger partial charge in [0.25, 0.3) is 0 Å². The first-order valence-corrected chi connectivity index (χ1v) is 8.87. The summed E-state index contributed by atoms with van der Waals surface area (Å²) in [6.07, 6.45) is 2.95. The lowest BCUT2D eigenvalue weighted by molar-refractivity contribution is -0.111. The molecule has 29 heavy (non-hydrogen) atoms. The van der Waals surface area contributed by atoms with Crippen LogP contribution in [0.4, 0.5) is 10.1 Å². The number of nitrogens with one attached hydrogen (secondary N) is 1. The third-order valence-corrected chi connectivity index (χ3v) is 4.10. The van der Waals surface area contributed by atoms with E-state index in [4.69, 9.17) is 9.47 Å². The third kappa shape index (κ3) is 5.59. The number of amides is 1. The van der Waals surface area contributed by atoms with Gasteiger partial charge >= 0.3 is 0 Å². The smallest absolute Gasteiger partial charge is 0.248 e. The molecule has 0 aliphatic carbocycles. The van der Waals surface area contributed by atoms with Crippen LogP contribution in [0.2, 0.25) is 0 Å². The van der Waals surface area contributed by atoms with Gasteiger partial charge in [0.1, 0.15) is 18.2 Å². The van der Waals surface area contributed by atoms with Crippen molar-refractivity contribution in [3.63, 3.8) is 0 Å². The molecule has 0 bridgehead atoms. The Hall–Kier alpha value is -3.80. The Morgan fingerprint density at radius 2 is 1.93 bits per heavy atom. The number of rotatable bonds is 7. The third-order valence-electron chi connectivity index (χ3n) is 4.10. The molecular weight excluding hydrogens is 373 g/mol. The second-order valence-corrected chi connectivity index (χ2v) is 6.16. The summed E-state index contributed by atoms with van der Waals surface area (Å²) in [5.74, 6) is 0.0522. The van der Waals surface area contributed by atoms with Crippen LogP contribution in [0.25, 0.3) is 6.08 Å². The number of hydrogen-bond acceptors (Lipinski definition) is 4. The number of phenols is 1. The van der Waals surface area contributed by atoms with E-state index in [0.29, 0.717) is 22.7 Å². The van der Waals surface area contributed by atoms with E-state index in [9.17, 15) is 14.3 Å². The maximum absolute atomic E-state index is 13.3. The molecule has 0 saturated carbocycles. The molecule has 3 rings (SSSR count). The molecule has 0 aliphatic rings. The lowest BCUT2D eigenvalue weighted by atomic mass is 10.1. The summed E-state index contributed by atoms with van der Waals surface area (Å²) in [5, 5.41) is 12.6. The Bertz CT molecular complexity index is 1030. The topological polar surface area (TPSA) is 67.8 Å². The number of anilines is 1. The highest BCUT2D eigenvalue weighted by atomic mass is 19.1. The maximum Gasteiger partial charge on any atom is 0.248 e. The predicted octanol–water partition coefficient (Wildman–Crippen LogP) is 4.77. The summed E-state index contributed by atoms with van der Waals surface area (Å²) >= 11 is 0. The first kappa shape index (κ1) is 19.9. The number of carbonyl (C=O) groups is 1. The average Bonchev–Trinajstić information content (AvgIpc) is 2.72. The molecule has 0 unspecified atom stereocenters. The van der Waals surface area contributed by atoms with E-state index in [2.05, 4.69) is 5.32 Å². The number of aromatic hydroxyl groups is 1. The number of carbonyl (C=O) groups excluding carboxylic acids is 1. The number of ether oxygens (including phenoxy) is 2. The first-order valence-electron chi connectivity index (χ1n) is 8.87. The second kappa shape index (κ2) is 9.41. The minimum absolute atomic E-state index is 0.00472. The zero-order chi connectivity index (χ0) is 20.6. The summed E-state index contributed by atoms with van der Waals surface area (Å²) in [7, 11) is 1.47. The molecule has 6 heteroatoms. The average molecular weight is 393 g/mol. The zero-order valence-electron chi connectivity index (χ0n) is 15.8. The molecule has 148 valence electrons. The van der Waals surface area contributed by atoms with E-state index in [0.717, 1.165) is 5.56 Å². The Kier molecular flexibility index (Phi) is 6.47. The van der Waals surface area contributed by atoms with Gasteiger partial charge in [-0.15, -0.1) is 0 Å². The maximum atomic E-state index is 13.3. The monoisotopic (exact) mass is 393 g/mol. The van der Waals surface area contributed by atoms with Crippen molar-refractivity contribution >= 4 is 17.7 Å². The standard InChI is InChI=1S/C23H20FNO4/c1-28-22-11-9-16(13-21(22)26)10-12-23(27)25-20-8-3-2-5-17(20)15-29-19-7-4-6-18(24)14-19/h2-14,26H,15H2,1H3,(H,25,27). The van der Waals surface area contributed by atoms with Gasteiger partial charge in [-0.05, 0) is 42.0 Å². The Morgan fingerprint density at radius 1 is 1.10 bits per heavy atom. The number of benzene rings is 3. The summed E-state index contributed by atoms with van der Waals surface area (Å²) in [4.78, 5) is 12.3. The van der Waals surface area contributed by atoms with Crippen molar-refractivity contribution in [2.24, 2.45) is 0 Å². The molecule has 3 aromatic carbocycles. The molecule has 0 radical (unpaired) electrons. The number of phenolic OH excluding ortho intramolecular Hbond substituents is 1. The fourth-order valence-corrected chi connectivity index (χ4v) is 2.64. The van der Waals surface area contributed by atoms with Crippen LogP contribution >= 0.6 is 0 Å². The van der Waals surface area contributed by atoms with E-state index in [1.807, 2.05) is 12.1 Å². The Morgan fingerprint density at radius 3 is 2.69 bits per heavy atom. The van der Waals surface area contributed by atoms with Crippen molar-refractivity contribution in [1.82, 2.24) is 0 Å². The lowest BCUT2D eigenvalue weighted by Crippen LogP contribution is -2.10. The Labute approximate surface area is 168 Å². The van der Waals surface area contributed by atoms with Gasteiger partial charge in [-0.25, -0.2) is 4.39 Å². The van der Waals surface area contributed by atoms with E-state index < -0.39 is 0 Å². The van der Waals surface area contributed by atoms with Gasteiger partial charge < -0.3 is 19.9 Å². The minimum Gasteiger partial charge on any atom is -0.504 e. The normalized spacial score (nSPS) is 10.7. The summed E-state index contributed by atoms with van der Waals surface area (Å²) in [6.45, 7) is 0.177. The van der Waals surface area contributed by atoms with E-state index in [1.165, 1.54) is 31.4 Å². The van der Waals surface area contributed by atoms with E-state index in [1.54, 1.807) is 42.5 Å². The van der Waals surface area contributed by atoms with Crippen molar-refractivity contribution in [3.8, 4) is 17.2 Å². The quantitative estimate of drug-likeness (QED) is 0.568. The lowest BCUT2D eigenvalue weighted by Gasteiger charge is -2.11. The fraction of sp³-hybridized carbons (Fsp3) is 0.0870. The minimum atomic E-state index is -0.376. The molecule has 3 aromatic rings. The SMILES string of the molecule is COc1ccc(C=CC(=O)Nc2ccccc2COc2cccc(F)c2)cc1O. The van der Waals surface area contributed by atoms with Gasteiger partial charge in [0.15, 0.2) is 11.5 Å². The summed E-state index contributed by atoms with van der Waals surface area (Å²) in [5.41, 5.74) is 2.00. The van der Waals surface area contributed by atoms with Crippen molar-refractivity contribution in [2.75, 3.05) is 12.4 Å². The molecule has 2 N–H and O–H groups in total. The molecule has 1 amide bonds. The molecule has 0 aromatic heterocycles. The van der Waals surface area contributed by atoms with Gasteiger partial charge in [-0.3, -0.25) is 4.79 Å². The van der Waals surface area contributed by atoms with E-state index >= 15 is 0 Å². The van der Waals surface area contributed by atoms with Crippen LogP contribution < -0.4 is 14.8 Å². The highest BCUT2D eigenvalue weighted by molar-refractivity contribution is 6.02. The zero-order valence-corrected chi connectivity index (χ0v) is 15.8. The van der Waals surface area contributed by atoms with Crippen molar-refractivity contribution in [1.29, 1.82) is 0 Å². The molecule has 5 nitrogen and oxygen atoms in total. The largest absolute Gasteiger partial charge is 0.504 e. The number of para-hydroxylation sites is 1. The molecule has 0 heterocycles. The number of hydrogen-bond donors (Lipinski definition) is 2. The Balaban J connectivity index is 1.65. The van der Waals surface area contributed by atoms with Gasteiger partial charge in [-0.1, -0.05) is 30.3 Å². The van der Waals surface area contributed by atoms with Crippen LogP contribution in [-0.2, 0) is 11.4 Å². The highest BCUT2D eigenvalue weighted by Gasteiger charge is 2.06. The predicted molar refractivity (Wildman–Crippen MR) is 109 cm³/mol.